The highest BCUT2D eigenvalue weighted by Crippen LogP contribution is 2.49. The Morgan fingerprint density at radius 2 is 1.63 bits per heavy atom. The van der Waals surface area contributed by atoms with Crippen LogP contribution in [0.1, 0.15) is 40.5 Å². The largest absolute Gasteiger partial charge is 0.493 e. The lowest BCUT2D eigenvalue weighted by atomic mass is 9.63. The molecule has 1 amide bonds. The zero-order chi connectivity index (χ0) is 30.1. The van der Waals surface area contributed by atoms with Gasteiger partial charge in [-0.1, -0.05) is 6.08 Å². The van der Waals surface area contributed by atoms with E-state index in [-0.39, 0.29) is 70.7 Å². The van der Waals surface area contributed by atoms with Gasteiger partial charge in [-0.2, -0.15) is 0 Å². The highest BCUT2D eigenvalue weighted by atomic mass is 16.5. The van der Waals surface area contributed by atoms with Gasteiger partial charge in [0.15, 0.2) is 23.1 Å². The fourth-order valence-electron chi connectivity index (χ4n) is 7.27. The summed E-state index contributed by atoms with van der Waals surface area (Å²) in [7, 11) is 4.37. The summed E-state index contributed by atoms with van der Waals surface area (Å²) in [6.07, 6.45) is 1.68. The quantitative estimate of drug-likeness (QED) is 0.271. The molecule has 2 bridgehead atoms. The maximum absolute atomic E-state index is 14.2. The summed E-state index contributed by atoms with van der Waals surface area (Å²) in [5.74, 6) is -4.41. The number of rotatable bonds is 5. The van der Waals surface area contributed by atoms with Gasteiger partial charge in [0.2, 0.25) is 17.5 Å². The van der Waals surface area contributed by atoms with Gasteiger partial charge in [-0.25, -0.2) is 4.79 Å². The number of methoxy groups -OCH3 is 2. The zero-order valence-corrected chi connectivity index (χ0v) is 24.2. The van der Waals surface area contributed by atoms with E-state index in [4.69, 9.17) is 14.2 Å². The number of hydrogen-bond acceptors (Lipinski definition) is 10. The van der Waals surface area contributed by atoms with E-state index >= 15 is 0 Å². The molecule has 5 rings (SSSR count). The molecule has 11 heteroatoms. The third-order valence-electron chi connectivity index (χ3n) is 9.44. The minimum absolute atomic E-state index is 0.0107. The Kier molecular flexibility index (Phi) is 7.13. The van der Waals surface area contributed by atoms with Crippen LogP contribution in [0, 0.1) is 11.8 Å². The van der Waals surface area contributed by atoms with Crippen LogP contribution in [0.15, 0.2) is 45.5 Å². The first-order valence-electron chi connectivity index (χ1n) is 13.7. The van der Waals surface area contributed by atoms with E-state index in [0.717, 1.165) is 0 Å². The molecule has 2 saturated heterocycles. The van der Waals surface area contributed by atoms with Crippen molar-refractivity contribution in [3.63, 3.8) is 0 Å². The molecular weight excluding hydrogens is 532 g/mol. The maximum atomic E-state index is 14.2. The lowest BCUT2D eigenvalue weighted by Gasteiger charge is -2.60. The molecule has 0 aromatic carbocycles. The van der Waals surface area contributed by atoms with E-state index in [1.165, 1.54) is 33.0 Å². The number of nitrogens with zero attached hydrogens (tertiary/aromatic N) is 2. The number of allylic oxidation sites excluding steroid dienone is 5. The first kappa shape index (κ1) is 28.7. The lowest BCUT2D eigenvalue weighted by Crippen LogP contribution is -2.75. The number of ketones is 4. The van der Waals surface area contributed by atoms with Crippen molar-refractivity contribution in [3.8, 4) is 0 Å². The Morgan fingerprint density at radius 1 is 0.976 bits per heavy atom. The number of fused-ring (bicyclic) bond motifs is 6. The summed E-state index contributed by atoms with van der Waals surface area (Å²) in [4.78, 5) is 84.7. The fourth-order valence-corrected chi connectivity index (χ4v) is 7.27. The number of likely N-dealkylation sites (N-methyl/N-ethyl adjacent to an activating group) is 1. The molecule has 11 nitrogen and oxygen atoms in total. The Balaban J connectivity index is 1.66. The van der Waals surface area contributed by atoms with Gasteiger partial charge in [0.25, 0.3) is 0 Å². The predicted octanol–water partition coefficient (Wildman–Crippen LogP) is 1.23. The van der Waals surface area contributed by atoms with E-state index in [2.05, 4.69) is 0 Å². The first-order valence-corrected chi connectivity index (χ1v) is 13.7. The average Bonchev–Trinajstić information content (AvgIpc) is 2.95. The highest BCUT2D eigenvalue weighted by molar-refractivity contribution is 6.25. The number of carbonyl (C=O) groups excluding carboxylic acids is 6. The van der Waals surface area contributed by atoms with E-state index in [1.54, 1.807) is 31.9 Å². The van der Waals surface area contributed by atoms with Crippen LogP contribution in [0.4, 0.5) is 0 Å². The van der Waals surface area contributed by atoms with Crippen LogP contribution >= 0.6 is 0 Å². The number of piperazine rings is 1. The number of piperidine rings is 1. The minimum Gasteiger partial charge on any atom is -0.493 e. The van der Waals surface area contributed by atoms with Crippen LogP contribution in [0.3, 0.4) is 0 Å². The molecule has 0 spiro atoms. The molecule has 0 radical (unpaired) electrons. The van der Waals surface area contributed by atoms with E-state index < -0.39 is 53.5 Å². The highest BCUT2D eigenvalue weighted by Gasteiger charge is 2.62. The Morgan fingerprint density at radius 3 is 2.24 bits per heavy atom. The van der Waals surface area contributed by atoms with Crippen molar-refractivity contribution in [1.82, 2.24) is 9.80 Å². The van der Waals surface area contributed by atoms with E-state index in [1.807, 2.05) is 0 Å². The minimum atomic E-state index is -1.00. The normalized spacial score (nSPS) is 32.2. The Labute approximate surface area is 237 Å². The number of amides is 1. The molecular formula is C30H34N2O9. The summed E-state index contributed by atoms with van der Waals surface area (Å²) in [6.45, 7) is 6.01. The third-order valence-corrected chi connectivity index (χ3v) is 9.44. The van der Waals surface area contributed by atoms with Crippen LogP contribution in [0.2, 0.25) is 0 Å². The van der Waals surface area contributed by atoms with E-state index in [9.17, 15) is 28.8 Å². The summed E-state index contributed by atoms with van der Waals surface area (Å²) in [5, 5.41) is 0. The first-order chi connectivity index (χ1) is 19.4. The molecule has 2 aliphatic carbocycles. The van der Waals surface area contributed by atoms with Gasteiger partial charge in [-0.05, 0) is 41.2 Å². The second-order valence-electron chi connectivity index (χ2n) is 11.2. The van der Waals surface area contributed by atoms with Crippen molar-refractivity contribution >= 4 is 35.0 Å². The number of Topliss-reactive ketones (excluding diaryl/α,β-unsaturated/α-hetero) is 4. The van der Waals surface area contributed by atoms with Gasteiger partial charge >= 0.3 is 5.97 Å². The van der Waals surface area contributed by atoms with Gasteiger partial charge in [-0.3, -0.25) is 28.9 Å². The van der Waals surface area contributed by atoms with Gasteiger partial charge in [0.1, 0.15) is 6.61 Å². The number of carbonyl (C=O) groups is 6. The second kappa shape index (κ2) is 10.2. The van der Waals surface area contributed by atoms with Crippen molar-refractivity contribution in [3.05, 3.63) is 45.5 Å². The molecule has 2 unspecified atom stereocenters. The standard InChI is InChI=1S/C30H34N2O9/c1-8-12(2)30(38)41-11-19-20-15(23(33)13(3)27(39-6)25(20)35)9-17-22-21-16(10-18(31(22)5)29(37)32(17)19)24(34)14(4)28(40-7)26(21)36/h8,15,17-20,22H,9-11H2,1-7H3/b12-8-/t15?,17-,18-,19-,20?,22-/m0/s1. The van der Waals surface area contributed by atoms with Crippen LogP contribution in [0.5, 0.6) is 0 Å². The smallest absolute Gasteiger partial charge is 0.333 e. The summed E-state index contributed by atoms with van der Waals surface area (Å²) < 4.78 is 16.3. The molecule has 0 N–H and O–H groups in total. The molecule has 218 valence electrons. The molecule has 5 aliphatic rings. The van der Waals surface area contributed by atoms with Crippen LogP contribution in [0.25, 0.3) is 0 Å². The number of esters is 1. The molecule has 0 aromatic heterocycles. The summed E-state index contributed by atoms with van der Waals surface area (Å²) >= 11 is 0. The Hall–Kier alpha value is -3.86. The van der Waals surface area contributed by atoms with Crippen LogP contribution in [-0.2, 0) is 43.0 Å². The molecule has 0 saturated carbocycles. The number of hydrogen-bond donors (Lipinski definition) is 0. The van der Waals surface area contributed by atoms with Crippen molar-refractivity contribution in [2.24, 2.45) is 11.8 Å². The van der Waals surface area contributed by atoms with Crippen LogP contribution < -0.4 is 0 Å². The monoisotopic (exact) mass is 566 g/mol. The summed E-state index contributed by atoms with van der Waals surface area (Å²) in [6, 6.07) is -3.25. The molecule has 6 atom stereocenters. The number of ether oxygens (including phenoxy) is 3. The van der Waals surface area contributed by atoms with Crippen molar-refractivity contribution in [2.45, 2.75) is 64.7 Å². The molecule has 0 aromatic rings. The predicted molar refractivity (Wildman–Crippen MR) is 143 cm³/mol. The van der Waals surface area contributed by atoms with Crippen molar-refractivity contribution in [1.29, 1.82) is 0 Å². The average molecular weight is 567 g/mol. The second-order valence-corrected chi connectivity index (χ2v) is 11.2. The van der Waals surface area contributed by atoms with E-state index in [0.29, 0.717) is 5.57 Å². The summed E-state index contributed by atoms with van der Waals surface area (Å²) in [5.41, 5.74) is 1.26. The van der Waals surface area contributed by atoms with Gasteiger partial charge < -0.3 is 19.1 Å². The van der Waals surface area contributed by atoms with Crippen molar-refractivity contribution < 1.29 is 43.0 Å². The van der Waals surface area contributed by atoms with Gasteiger partial charge in [0.05, 0.1) is 44.3 Å². The van der Waals surface area contributed by atoms with Crippen molar-refractivity contribution in [2.75, 3.05) is 27.9 Å². The van der Waals surface area contributed by atoms with Gasteiger partial charge in [-0.15, -0.1) is 0 Å². The topological polar surface area (TPSA) is 137 Å². The van der Waals surface area contributed by atoms with Gasteiger partial charge in [0, 0.05) is 40.2 Å². The maximum Gasteiger partial charge on any atom is 0.333 e. The third kappa shape index (κ3) is 3.96. The lowest BCUT2D eigenvalue weighted by molar-refractivity contribution is -0.174. The molecule has 3 heterocycles. The molecule has 2 fully saturated rings. The van der Waals surface area contributed by atoms with Crippen LogP contribution in [-0.4, -0.2) is 96.9 Å². The zero-order valence-electron chi connectivity index (χ0n) is 24.2. The SMILES string of the molecule is C/C=C(/C)C(=O)OC[C@H]1C2C(=O)C(OC)=C(C)C(=O)C2C[C@H]2[C@H]3C4=C(C[C@@H](C(=O)N12)N3C)C(=O)C(C)=C(OC)C4=O. The fraction of sp³-hybridized carbons (Fsp3) is 0.533. The molecule has 41 heavy (non-hydrogen) atoms. The molecule has 3 aliphatic heterocycles. The Bertz CT molecular complexity index is 1430.